The first-order valence-corrected chi connectivity index (χ1v) is 9.16. The number of hydrogen-bond donors (Lipinski definition) is 1. The smallest absolute Gasteiger partial charge is 0.231 e. The standard InChI is InChI=1S/C20H23N3O4/c24-20(11-15-3-4-18-19(10-15)27-14-26-18)22-13-17(16-2-1-5-21-12-16)23-6-8-25-9-7-23/h1-5,10,12,17H,6-9,11,13-14H2,(H,22,24)/t17-/m0/s1. The first-order chi connectivity index (χ1) is 13.3. The molecule has 4 rings (SSSR count). The number of rotatable bonds is 6. The van der Waals surface area contributed by atoms with Crippen LogP contribution in [0.2, 0.25) is 0 Å². The molecule has 0 spiro atoms. The first-order valence-electron chi connectivity index (χ1n) is 9.16. The van der Waals surface area contributed by atoms with Crippen molar-refractivity contribution in [1.29, 1.82) is 0 Å². The number of aromatic nitrogens is 1. The van der Waals surface area contributed by atoms with Crippen molar-refractivity contribution >= 4 is 5.91 Å². The maximum Gasteiger partial charge on any atom is 0.231 e. The molecule has 0 saturated carbocycles. The van der Waals surface area contributed by atoms with E-state index in [0.717, 1.165) is 30.0 Å². The van der Waals surface area contributed by atoms with Crippen molar-refractivity contribution in [3.05, 3.63) is 53.9 Å². The van der Waals surface area contributed by atoms with Gasteiger partial charge in [0.1, 0.15) is 0 Å². The van der Waals surface area contributed by atoms with Crippen LogP contribution in [-0.2, 0) is 16.0 Å². The number of fused-ring (bicyclic) bond motifs is 1. The number of nitrogens with one attached hydrogen (secondary N) is 1. The van der Waals surface area contributed by atoms with Crippen LogP contribution in [0.1, 0.15) is 17.2 Å². The average Bonchev–Trinajstić information content (AvgIpc) is 3.18. The van der Waals surface area contributed by atoms with Crippen LogP contribution in [0.5, 0.6) is 11.5 Å². The molecule has 0 aliphatic carbocycles. The van der Waals surface area contributed by atoms with E-state index in [0.29, 0.717) is 31.9 Å². The minimum absolute atomic E-state index is 0.0176. The maximum absolute atomic E-state index is 12.5. The van der Waals surface area contributed by atoms with Crippen molar-refractivity contribution in [1.82, 2.24) is 15.2 Å². The third kappa shape index (κ3) is 4.37. The van der Waals surface area contributed by atoms with Gasteiger partial charge in [-0.25, -0.2) is 0 Å². The average molecular weight is 369 g/mol. The Morgan fingerprint density at radius 2 is 2.04 bits per heavy atom. The normalized spacial score (nSPS) is 17.5. The second-order valence-electron chi connectivity index (χ2n) is 6.62. The van der Waals surface area contributed by atoms with Crippen molar-refractivity contribution < 1.29 is 19.0 Å². The zero-order valence-corrected chi connectivity index (χ0v) is 15.1. The Balaban J connectivity index is 1.38. The van der Waals surface area contributed by atoms with Gasteiger partial charge in [0.2, 0.25) is 12.7 Å². The Kier molecular flexibility index (Phi) is 5.50. The van der Waals surface area contributed by atoms with Crippen LogP contribution in [0.3, 0.4) is 0 Å². The molecule has 1 aromatic heterocycles. The summed E-state index contributed by atoms with van der Waals surface area (Å²) in [6.07, 6.45) is 3.93. The molecule has 1 amide bonds. The molecule has 0 bridgehead atoms. The minimum Gasteiger partial charge on any atom is -0.454 e. The van der Waals surface area contributed by atoms with Gasteiger partial charge in [-0.15, -0.1) is 0 Å². The first kappa shape index (κ1) is 17.8. The van der Waals surface area contributed by atoms with Gasteiger partial charge in [-0.1, -0.05) is 12.1 Å². The van der Waals surface area contributed by atoms with Gasteiger partial charge in [-0.2, -0.15) is 0 Å². The highest BCUT2D eigenvalue weighted by molar-refractivity contribution is 5.78. The van der Waals surface area contributed by atoms with Crippen LogP contribution in [0.15, 0.2) is 42.7 Å². The monoisotopic (exact) mass is 369 g/mol. The molecule has 7 nitrogen and oxygen atoms in total. The highest BCUT2D eigenvalue weighted by atomic mass is 16.7. The molecule has 1 N–H and O–H groups in total. The highest BCUT2D eigenvalue weighted by Gasteiger charge is 2.23. The fourth-order valence-corrected chi connectivity index (χ4v) is 3.43. The third-order valence-corrected chi connectivity index (χ3v) is 4.85. The lowest BCUT2D eigenvalue weighted by Gasteiger charge is -2.34. The van der Waals surface area contributed by atoms with Crippen LogP contribution in [0.25, 0.3) is 0 Å². The Morgan fingerprint density at radius 3 is 2.85 bits per heavy atom. The SMILES string of the molecule is O=C(Cc1ccc2c(c1)OCO2)NC[C@@H](c1cccnc1)N1CCOCC1. The number of morpholine rings is 1. The molecular formula is C20H23N3O4. The topological polar surface area (TPSA) is 72.9 Å². The van der Waals surface area contributed by atoms with Gasteiger partial charge in [-0.05, 0) is 29.3 Å². The van der Waals surface area contributed by atoms with Crippen molar-refractivity contribution in [2.24, 2.45) is 0 Å². The molecule has 2 aromatic rings. The van der Waals surface area contributed by atoms with Crippen LogP contribution >= 0.6 is 0 Å². The lowest BCUT2D eigenvalue weighted by atomic mass is 10.1. The zero-order chi connectivity index (χ0) is 18.5. The van der Waals surface area contributed by atoms with Crippen LogP contribution in [0.4, 0.5) is 0 Å². The molecule has 1 atom stereocenters. The van der Waals surface area contributed by atoms with E-state index < -0.39 is 0 Å². The summed E-state index contributed by atoms with van der Waals surface area (Å²) in [5.74, 6) is 1.40. The summed E-state index contributed by atoms with van der Waals surface area (Å²) in [4.78, 5) is 19.1. The molecule has 1 fully saturated rings. The predicted octanol–water partition coefficient (Wildman–Crippen LogP) is 1.54. The molecule has 0 radical (unpaired) electrons. The lowest BCUT2D eigenvalue weighted by molar-refractivity contribution is -0.120. The number of nitrogens with zero attached hydrogens (tertiary/aromatic N) is 2. The Bertz CT molecular complexity index is 778. The molecule has 1 saturated heterocycles. The van der Waals surface area contributed by atoms with Crippen LogP contribution < -0.4 is 14.8 Å². The summed E-state index contributed by atoms with van der Waals surface area (Å²) in [6.45, 7) is 3.88. The fourth-order valence-electron chi connectivity index (χ4n) is 3.43. The molecule has 7 heteroatoms. The van der Waals surface area contributed by atoms with E-state index in [1.54, 1.807) is 6.20 Å². The van der Waals surface area contributed by atoms with Gasteiger partial charge < -0.3 is 19.5 Å². The molecule has 1 aromatic carbocycles. The second-order valence-corrected chi connectivity index (χ2v) is 6.62. The largest absolute Gasteiger partial charge is 0.454 e. The number of ether oxygens (including phenoxy) is 3. The molecule has 2 aliphatic heterocycles. The minimum atomic E-state index is -0.0176. The molecule has 142 valence electrons. The van der Waals surface area contributed by atoms with Gasteiger partial charge in [0.15, 0.2) is 11.5 Å². The summed E-state index contributed by atoms with van der Waals surface area (Å²) in [5, 5.41) is 3.07. The predicted molar refractivity (Wildman–Crippen MR) is 98.6 cm³/mol. The summed E-state index contributed by atoms with van der Waals surface area (Å²) in [5.41, 5.74) is 2.00. The quantitative estimate of drug-likeness (QED) is 0.833. The number of amides is 1. The van der Waals surface area contributed by atoms with Crippen molar-refractivity contribution in [2.45, 2.75) is 12.5 Å². The van der Waals surface area contributed by atoms with Gasteiger partial charge in [-0.3, -0.25) is 14.7 Å². The highest BCUT2D eigenvalue weighted by Crippen LogP contribution is 2.32. The van der Waals surface area contributed by atoms with E-state index in [4.69, 9.17) is 14.2 Å². The lowest BCUT2D eigenvalue weighted by Crippen LogP contribution is -2.44. The fraction of sp³-hybridized carbons (Fsp3) is 0.400. The number of hydrogen-bond acceptors (Lipinski definition) is 6. The van der Waals surface area contributed by atoms with Gasteiger partial charge in [0, 0.05) is 32.0 Å². The van der Waals surface area contributed by atoms with Crippen molar-refractivity contribution in [2.75, 3.05) is 39.6 Å². The number of pyridine rings is 1. The molecule has 3 heterocycles. The van der Waals surface area contributed by atoms with E-state index in [1.165, 1.54) is 0 Å². The number of benzene rings is 1. The van der Waals surface area contributed by atoms with Gasteiger partial charge in [0.05, 0.1) is 25.7 Å². The molecule has 0 unspecified atom stereocenters. The van der Waals surface area contributed by atoms with E-state index in [2.05, 4.69) is 21.3 Å². The summed E-state index contributed by atoms with van der Waals surface area (Å²) in [7, 11) is 0. The number of carbonyl (C=O) groups is 1. The second kappa shape index (κ2) is 8.37. The zero-order valence-electron chi connectivity index (χ0n) is 15.1. The summed E-state index contributed by atoms with van der Waals surface area (Å²) >= 11 is 0. The van der Waals surface area contributed by atoms with Gasteiger partial charge in [0.25, 0.3) is 0 Å². The van der Waals surface area contributed by atoms with E-state index >= 15 is 0 Å². The van der Waals surface area contributed by atoms with Crippen molar-refractivity contribution in [3.63, 3.8) is 0 Å². The van der Waals surface area contributed by atoms with Gasteiger partial charge >= 0.3 is 0 Å². The molecule has 27 heavy (non-hydrogen) atoms. The van der Waals surface area contributed by atoms with Crippen LogP contribution in [-0.4, -0.2) is 55.4 Å². The van der Waals surface area contributed by atoms with E-state index in [9.17, 15) is 4.79 Å². The summed E-state index contributed by atoms with van der Waals surface area (Å²) in [6, 6.07) is 9.67. The van der Waals surface area contributed by atoms with Crippen LogP contribution in [0, 0.1) is 0 Å². The van der Waals surface area contributed by atoms with E-state index in [1.807, 2.05) is 30.5 Å². The van der Waals surface area contributed by atoms with Crippen molar-refractivity contribution in [3.8, 4) is 11.5 Å². The maximum atomic E-state index is 12.5. The van der Waals surface area contributed by atoms with E-state index in [-0.39, 0.29) is 18.7 Å². The molecular weight excluding hydrogens is 346 g/mol. The Morgan fingerprint density at radius 1 is 1.19 bits per heavy atom. The Labute approximate surface area is 158 Å². The number of carbonyl (C=O) groups excluding carboxylic acids is 1. The third-order valence-electron chi connectivity index (χ3n) is 4.85. The Hall–Kier alpha value is -2.64. The summed E-state index contributed by atoms with van der Waals surface area (Å²) < 4.78 is 16.1. The molecule has 2 aliphatic rings.